The van der Waals surface area contributed by atoms with Crippen molar-refractivity contribution in [3.8, 4) is 0 Å². The molecule has 1 amide bonds. The first-order valence-corrected chi connectivity index (χ1v) is 13.1. The van der Waals surface area contributed by atoms with Crippen molar-refractivity contribution in [3.63, 3.8) is 0 Å². The normalized spacial score (nSPS) is 17.6. The van der Waals surface area contributed by atoms with Gasteiger partial charge in [0.25, 0.3) is 0 Å². The summed E-state index contributed by atoms with van der Waals surface area (Å²) in [5.74, 6) is -2.84. The molecule has 2 fully saturated rings. The van der Waals surface area contributed by atoms with E-state index in [0.717, 1.165) is 61.9 Å². The van der Waals surface area contributed by atoms with E-state index in [1.165, 1.54) is 4.31 Å². The Hall–Kier alpha value is -2.18. The highest BCUT2D eigenvalue weighted by molar-refractivity contribution is 7.89. The number of carboxylic acids is 1. The number of halogens is 3. The maximum atomic E-state index is 13.7. The summed E-state index contributed by atoms with van der Waals surface area (Å²) >= 11 is 0. The summed E-state index contributed by atoms with van der Waals surface area (Å²) in [5, 5.41) is 10.4. The van der Waals surface area contributed by atoms with Crippen LogP contribution in [0, 0.1) is 20.8 Å². The number of aliphatic carboxylic acids is 1. The predicted octanol–water partition coefficient (Wildman–Crippen LogP) is 3.00. The molecule has 2 N–H and O–H groups in total. The molecule has 0 atom stereocenters. The number of rotatable bonds is 5. The Balaban J connectivity index is 0.000000540. The molecule has 2 aliphatic rings. The van der Waals surface area contributed by atoms with Gasteiger partial charge in [-0.2, -0.15) is 17.5 Å². The minimum atomic E-state index is -5.08. The Morgan fingerprint density at radius 3 is 2.00 bits per heavy atom. The number of aryl methyl sites for hydroxylation is 3. The van der Waals surface area contributed by atoms with E-state index in [1.807, 2.05) is 32.9 Å². The monoisotopic (exact) mass is 521 g/mol. The van der Waals surface area contributed by atoms with Gasteiger partial charge < -0.3 is 15.3 Å². The minimum Gasteiger partial charge on any atom is -0.475 e. The van der Waals surface area contributed by atoms with Gasteiger partial charge in [-0.3, -0.25) is 4.79 Å². The van der Waals surface area contributed by atoms with E-state index in [2.05, 4.69) is 5.32 Å². The number of amides is 1. The molecular formula is C23H34F3N3O5S. The van der Waals surface area contributed by atoms with Crippen LogP contribution in [0.3, 0.4) is 0 Å². The van der Waals surface area contributed by atoms with Crippen LogP contribution in [0.4, 0.5) is 13.2 Å². The van der Waals surface area contributed by atoms with E-state index in [-0.39, 0.29) is 18.5 Å². The fourth-order valence-corrected chi connectivity index (χ4v) is 6.67. The molecule has 35 heavy (non-hydrogen) atoms. The molecule has 0 aromatic heterocycles. The number of alkyl halides is 3. The molecule has 1 aliphatic heterocycles. The maximum absolute atomic E-state index is 13.7. The van der Waals surface area contributed by atoms with Crippen molar-refractivity contribution in [2.45, 2.75) is 70.0 Å². The topological polar surface area (TPSA) is 107 Å². The SMILES string of the molecule is Cc1cc(C)c(S(=O)(=O)N(CC(=O)N2CCNCC2)C2CCCCC2)c(C)c1.O=C(O)C(F)(F)F. The first kappa shape index (κ1) is 29.1. The third kappa shape index (κ3) is 7.91. The number of sulfonamides is 1. The number of carbonyl (C=O) groups is 2. The quantitative estimate of drug-likeness (QED) is 0.617. The molecule has 1 aromatic carbocycles. The number of hydrogen-bond donors (Lipinski definition) is 2. The van der Waals surface area contributed by atoms with E-state index in [1.54, 1.807) is 4.90 Å². The molecular weight excluding hydrogens is 487 g/mol. The largest absolute Gasteiger partial charge is 0.490 e. The van der Waals surface area contributed by atoms with Crippen LogP contribution in [-0.4, -0.2) is 79.5 Å². The molecule has 1 saturated carbocycles. The van der Waals surface area contributed by atoms with Crippen molar-refractivity contribution < 1.29 is 36.3 Å². The molecule has 1 heterocycles. The molecule has 198 valence electrons. The highest BCUT2D eigenvalue weighted by atomic mass is 32.2. The standard InChI is InChI=1S/C21H33N3O3S.C2HF3O2/c1-16-13-17(2)21(18(3)14-16)28(26,27)24(19-7-5-4-6-8-19)15-20(25)23-11-9-22-10-12-23;3-2(4,5)1(6)7/h13-14,19,22H,4-12,15H2,1-3H3;(H,6,7). The van der Waals surface area contributed by atoms with E-state index >= 15 is 0 Å². The van der Waals surface area contributed by atoms with Crippen molar-refractivity contribution in [2.24, 2.45) is 0 Å². The van der Waals surface area contributed by atoms with Crippen molar-refractivity contribution in [1.29, 1.82) is 0 Å². The number of benzene rings is 1. The molecule has 12 heteroatoms. The summed E-state index contributed by atoms with van der Waals surface area (Å²) in [6.07, 6.45) is -0.247. The van der Waals surface area contributed by atoms with E-state index in [9.17, 15) is 26.4 Å². The molecule has 1 aliphatic carbocycles. The third-order valence-corrected chi connectivity index (χ3v) is 8.36. The lowest BCUT2D eigenvalue weighted by Crippen LogP contribution is -2.52. The highest BCUT2D eigenvalue weighted by Crippen LogP contribution is 2.31. The Kier molecular flexibility index (Phi) is 10.1. The van der Waals surface area contributed by atoms with Crippen molar-refractivity contribution in [2.75, 3.05) is 32.7 Å². The van der Waals surface area contributed by atoms with Gasteiger partial charge >= 0.3 is 12.1 Å². The Labute approximate surface area is 204 Å². The van der Waals surface area contributed by atoms with Crippen LogP contribution in [0.5, 0.6) is 0 Å². The van der Waals surface area contributed by atoms with Gasteiger partial charge in [0, 0.05) is 32.2 Å². The molecule has 0 radical (unpaired) electrons. The van der Waals surface area contributed by atoms with Crippen molar-refractivity contribution >= 4 is 21.9 Å². The van der Waals surface area contributed by atoms with Gasteiger partial charge in [0.2, 0.25) is 15.9 Å². The van der Waals surface area contributed by atoms with Gasteiger partial charge in [0.05, 0.1) is 11.4 Å². The van der Waals surface area contributed by atoms with Crippen LogP contribution in [0.2, 0.25) is 0 Å². The number of carboxylic acid groups (broad SMARTS) is 1. The van der Waals surface area contributed by atoms with Crippen LogP contribution in [-0.2, 0) is 19.6 Å². The van der Waals surface area contributed by atoms with E-state index < -0.39 is 22.2 Å². The summed E-state index contributed by atoms with van der Waals surface area (Å²) in [6, 6.07) is 3.74. The Morgan fingerprint density at radius 1 is 1.06 bits per heavy atom. The lowest BCUT2D eigenvalue weighted by atomic mass is 9.95. The summed E-state index contributed by atoms with van der Waals surface area (Å²) in [7, 11) is -3.74. The Morgan fingerprint density at radius 2 is 1.54 bits per heavy atom. The number of carbonyl (C=O) groups excluding carboxylic acids is 1. The molecule has 1 saturated heterocycles. The Bertz CT molecular complexity index is 979. The average molecular weight is 522 g/mol. The minimum absolute atomic E-state index is 0.0558. The first-order chi connectivity index (χ1) is 16.2. The molecule has 8 nitrogen and oxygen atoms in total. The van der Waals surface area contributed by atoms with E-state index in [4.69, 9.17) is 9.90 Å². The second-order valence-electron chi connectivity index (χ2n) is 9.00. The smallest absolute Gasteiger partial charge is 0.475 e. The lowest BCUT2D eigenvalue weighted by Gasteiger charge is -2.36. The van der Waals surface area contributed by atoms with Gasteiger partial charge in [-0.25, -0.2) is 13.2 Å². The zero-order valence-electron chi connectivity index (χ0n) is 20.3. The van der Waals surface area contributed by atoms with Crippen molar-refractivity contribution in [3.05, 3.63) is 28.8 Å². The summed E-state index contributed by atoms with van der Waals surface area (Å²) in [6.45, 7) is 8.42. The van der Waals surface area contributed by atoms with Gasteiger partial charge in [-0.1, -0.05) is 37.0 Å². The first-order valence-electron chi connectivity index (χ1n) is 11.6. The second-order valence-corrected chi connectivity index (χ2v) is 10.8. The molecule has 1 aromatic rings. The molecule has 3 rings (SSSR count). The average Bonchev–Trinajstić information content (AvgIpc) is 2.77. The third-order valence-electron chi connectivity index (χ3n) is 6.16. The lowest BCUT2D eigenvalue weighted by molar-refractivity contribution is -0.192. The van der Waals surface area contributed by atoms with Gasteiger partial charge in [0.15, 0.2) is 0 Å². The fraction of sp³-hybridized carbons (Fsp3) is 0.652. The van der Waals surface area contributed by atoms with Crippen LogP contribution < -0.4 is 5.32 Å². The number of piperazine rings is 1. The summed E-state index contributed by atoms with van der Waals surface area (Å²) in [4.78, 5) is 24.0. The van der Waals surface area contributed by atoms with Crippen LogP contribution in [0.15, 0.2) is 17.0 Å². The zero-order valence-corrected chi connectivity index (χ0v) is 21.1. The van der Waals surface area contributed by atoms with Crippen molar-refractivity contribution in [1.82, 2.24) is 14.5 Å². The summed E-state index contributed by atoms with van der Waals surface area (Å²) < 4.78 is 60.7. The molecule has 0 bridgehead atoms. The van der Waals surface area contributed by atoms with Gasteiger partial charge in [0.1, 0.15) is 0 Å². The summed E-state index contributed by atoms with van der Waals surface area (Å²) in [5.41, 5.74) is 2.57. The second kappa shape index (κ2) is 12.2. The van der Waals surface area contributed by atoms with Crippen LogP contribution in [0.1, 0.15) is 48.8 Å². The van der Waals surface area contributed by atoms with Gasteiger partial charge in [-0.15, -0.1) is 0 Å². The van der Waals surface area contributed by atoms with E-state index in [0.29, 0.717) is 18.0 Å². The zero-order chi connectivity index (χ0) is 26.4. The fourth-order valence-electron chi connectivity index (χ4n) is 4.62. The predicted molar refractivity (Wildman–Crippen MR) is 125 cm³/mol. The maximum Gasteiger partial charge on any atom is 0.490 e. The number of nitrogens with zero attached hydrogens (tertiary/aromatic N) is 2. The molecule has 0 unspecified atom stereocenters. The van der Waals surface area contributed by atoms with Crippen LogP contribution in [0.25, 0.3) is 0 Å². The van der Waals surface area contributed by atoms with Crippen LogP contribution >= 0.6 is 0 Å². The number of nitrogens with one attached hydrogen (secondary N) is 1. The highest BCUT2D eigenvalue weighted by Gasteiger charge is 2.38. The van der Waals surface area contributed by atoms with Gasteiger partial charge in [-0.05, 0) is 44.7 Å². The molecule has 0 spiro atoms. The number of hydrogen-bond acceptors (Lipinski definition) is 5.